The predicted molar refractivity (Wildman–Crippen MR) is 119 cm³/mol. The van der Waals surface area contributed by atoms with Gasteiger partial charge in [-0.15, -0.1) is 35.3 Å². The Labute approximate surface area is 180 Å². The Bertz CT molecular complexity index is 781. The molecular formula is C16H22ClIN4O2S2. The second-order valence-electron chi connectivity index (χ2n) is 5.13. The van der Waals surface area contributed by atoms with E-state index in [2.05, 4.69) is 20.3 Å². The van der Waals surface area contributed by atoms with Gasteiger partial charge in [0.2, 0.25) is 10.0 Å². The summed E-state index contributed by atoms with van der Waals surface area (Å²) in [6, 6.07) is 11.0. The van der Waals surface area contributed by atoms with E-state index in [1.54, 1.807) is 24.6 Å². The van der Waals surface area contributed by atoms with Crippen LogP contribution in [-0.2, 0) is 16.4 Å². The summed E-state index contributed by atoms with van der Waals surface area (Å²) < 4.78 is 26.8. The van der Waals surface area contributed by atoms with Gasteiger partial charge in [-0.25, -0.2) is 13.1 Å². The van der Waals surface area contributed by atoms with Gasteiger partial charge < -0.3 is 10.6 Å². The minimum atomic E-state index is -3.42. The molecular weight excluding hydrogens is 507 g/mol. The number of nitrogens with zero attached hydrogens (tertiary/aromatic N) is 1. The van der Waals surface area contributed by atoms with Gasteiger partial charge in [-0.1, -0.05) is 29.8 Å². The normalized spacial score (nSPS) is 11.7. The fourth-order valence-corrected chi connectivity index (χ4v) is 4.25. The second-order valence-corrected chi connectivity index (χ2v) is 8.51. The van der Waals surface area contributed by atoms with Crippen molar-refractivity contribution in [1.82, 2.24) is 15.4 Å². The molecule has 0 aliphatic carbocycles. The lowest BCUT2D eigenvalue weighted by Crippen LogP contribution is -2.42. The summed E-state index contributed by atoms with van der Waals surface area (Å²) >= 11 is 7.05. The minimum absolute atomic E-state index is 0. The molecule has 2 aromatic rings. The summed E-state index contributed by atoms with van der Waals surface area (Å²) in [5.41, 5.74) is 1.18. The first-order chi connectivity index (χ1) is 12.0. The van der Waals surface area contributed by atoms with E-state index >= 15 is 0 Å². The third kappa shape index (κ3) is 7.78. The van der Waals surface area contributed by atoms with E-state index in [-0.39, 0.29) is 30.5 Å². The molecule has 0 fully saturated rings. The van der Waals surface area contributed by atoms with Gasteiger partial charge in [0.05, 0.1) is 0 Å². The molecule has 0 aliphatic heterocycles. The highest BCUT2D eigenvalue weighted by molar-refractivity contribution is 14.0. The topological polar surface area (TPSA) is 82.6 Å². The van der Waals surface area contributed by atoms with E-state index in [1.807, 2.05) is 24.3 Å². The Morgan fingerprint density at radius 1 is 1.12 bits per heavy atom. The van der Waals surface area contributed by atoms with Gasteiger partial charge in [0, 0.05) is 31.7 Å². The molecule has 0 saturated carbocycles. The number of guanidine groups is 1. The standard InChI is InChI=1S/C16H21ClN4O2S2.HI/c1-18-16(19-9-8-13-4-6-14(17)7-5-13)20-10-11-21-25(22,23)15-3-2-12-24-15;/h2-7,12,21H,8-11H2,1H3,(H2,18,19,20);1H. The fraction of sp³-hybridized carbons (Fsp3) is 0.312. The molecule has 1 aromatic heterocycles. The van der Waals surface area contributed by atoms with Crippen LogP contribution in [-0.4, -0.2) is 41.1 Å². The van der Waals surface area contributed by atoms with Crippen molar-refractivity contribution >= 4 is 62.9 Å². The highest BCUT2D eigenvalue weighted by Gasteiger charge is 2.13. The molecule has 10 heteroatoms. The number of rotatable bonds is 8. The second kappa shape index (κ2) is 11.8. The fourth-order valence-electron chi connectivity index (χ4n) is 2.05. The van der Waals surface area contributed by atoms with Crippen LogP contribution in [0, 0.1) is 0 Å². The van der Waals surface area contributed by atoms with Crippen molar-refractivity contribution in [2.75, 3.05) is 26.7 Å². The van der Waals surface area contributed by atoms with E-state index in [0.717, 1.165) is 11.4 Å². The van der Waals surface area contributed by atoms with Crippen molar-refractivity contribution in [1.29, 1.82) is 0 Å². The Hall–Kier alpha value is -0.880. The molecule has 0 saturated heterocycles. The van der Waals surface area contributed by atoms with E-state index in [1.165, 1.54) is 16.9 Å². The molecule has 0 amide bonds. The first-order valence-corrected chi connectivity index (χ1v) is 10.5. The van der Waals surface area contributed by atoms with Crippen molar-refractivity contribution in [3.63, 3.8) is 0 Å². The molecule has 2 rings (SSSR count). The summed E-state index contributed by atoms with van der Waals surface area (Å²) in [5, 5.41) is 8.72. The summed E-state index contributed by atoms with van der Waals surface area (Å²) in [6.07, 6.45) is 0.836. The van der Waals surface area contributed by atoms with Gasteiger partial charge in [-0.05, 0) is 35.6 Å². The van der Waals surface area contributed by atoms with Gasteiger partial charge in [0.1, 0.15) is 4.21 Å². The van der Waals surface area contributed by atoms with Crippen LogP contribution in [0.25, 0.3) is 0 Å². The van der Waals surface area contributed by atoms with Crippen molar-refractivity contribution < 1.29 is 8.42 Å². The molecule has 3 N–H and O–H groups in total. The average molecular weight is 529 g/mol. The maximum Gasteiger partial charge on any atom is 0.250 e. The summed E-state index contributed by atoms with van der Waals surface area (Å²) in [7, 11) is -1.75. The van der Waals surface area contributed by atoms with E-state index in [4.69, 9.17) is 11.6 Å². The molecule has 0 unspecified atom stereocenters. The van der Waals surface area contributed by atoms with Crippen LogP contribution in [0.15, 0.2) is 51.0 Å². The molecule has 0 bridgehead atoms. The molecule has 0 radical (unpaired) electrons. The minimum Gasteiger partial charge on any atom is -0.356 e. The van der Waals surface area contributed by atoms with Gasteiger partial charge in [-0.3, -0.25) is 4.99 Å². The smallest absolute Gasteiger partial charge is 0.250 e. The van der Waals surface area contributed by atoms with Crippen LogP contribution in [0.1, 0.15) is 5.56 Å². The first-order valence-electron chi connectivity index (χ1n) is 7.73. The Balaban J connectivity index is 0.00000338. The van der Waals surface area contributed by atoms with E-state index < -0.39 is 10.0 Å². The lowest BCUT2D eigenvalue weighted by molar-refractivity contribution is 0.582. The number of hydrogen-bond donors (Lipinski definition) is 3. The number of hydrogen-bond acceptors (Lipinski definition) is 4. The average Bonchev–Trinajstić information content (AvgIpc) is 3.14. The third-order valence-corrected chi connectivity index (χ3v) is 6.42. The maximum atomic E-state index is 12.0. The van der Waals surface area contributed by atoms with Crippen LogP contribution in [0.5, 0.6) is 0 Å². The Kier molecular flexibility index (Phi) is 10.5. The summed E-state index contributed by atoms with van der Waals surface area (Å²) in [6.45, 7) is 1.42. The van der Waals surface area contributed by atoms with Crippen molar-refractivity contribution in [3.8, 4) is 0 Å². The highest BCUT2D eigenvalue weighted by atomic mass is 127. The SMILES string of the molecule is CN=C(NCCNS(=O)(=O)c1cccs1)NCCc1ccc(Cl)cc1.I. The van der Waals surface area contributed by atoms with Gasteiger partial charge in [0.15, 0.2) is 5.96 Å². The number of aliphatic imine (C=N–C) groups is 1. The maximum absolute atomic E-state index is 12.0. The number of sulfonamides is 1. The van der Waals surface area contributed by atoms with Gasteiger partial charge in [-0.2, -0.15) is 0 Å². The van der Waals surface area contributed by atoms with Gasteiger partial charge >= 0.3 is 0 Å². The van der Waals surface area contributed by atoms with Crippen molar-refractivity contribution in [2.45, 2.75) is 10.6 Å². The van der Waals surface area contributed by atoms with E-state index in [0.29, 0.717) is 23.3 Å². The van der Waals surface area contributed by atoms with Crippen LogP contribution in [0.3, 0.4) is 0 Å². The molecule has 1 aromatic carbocycles. The van der Waals surface area contributed by atoms with Crippen molar-refractivity contribution in [2.24, 2.45) is 4.99 Å². The number of benzene rings is 1. The summed E-state index contributed by atoms with van der Waals surface area (Å²) in [5.74, 6) is 0.629. The lowest BCUT2D eigenvalue weighted by Gasteiger charge is -2.12. The van der Waals surface area contributed by atoms with Crippen LogP contribution >= 0.6 is 46.9 Å². The zero-order valence-corrected chi connectivity index (χ0v) is 19.0. The lowest BCUT2D eigenvalue weighted by atomic mass is 10.1. The molecule has 0 aliphatic rings. The van der Waals surface area contributed by atoms with Crippen LogP contribution in [0.4, 0.5) is 0 Å². The van der Waals surface area contributed by atoms with Crippen molar-refractivity contribution in [3.05, 3.63) is 52.4 Å². The Morgan fingerprint density at radius 2 is 1.81 bits per heavy atom. The third-order valence-electron chi connectivity index (χ3n) is 3.31. The molecule has 6 nitrogen and oxygen atoms in total. The zero-order valence-electron chi connectivity index (χ0n) is 14.2. The number of thiophene rings is 1. The van der Waals surface area contributed by atoms with E-state index in [9.17, 15) is 8.42 Å². The van der Waals surface area contributed by atoms with Crippen LogP contribution < -0.4 is 15.4 Å². The monoisotopic (exact) mass is 528 g/mol. The summed E-state index contributed by atoms with van der Waals surface area (Å²) in [4.78, 5) is 4.12. The first kappa shape index (κ1) is 23.2. The van der Waals surface area contributed by atoms with Crippen LogP contribution in [0.2, 0.25) is 5.02 Å². The predicted octanol–water partition coefficient (Wildman–Crippen LogP) is 2.71. The zero-order chi connectivity index (χ0) is 18.1. The van der Waals surface area contributed by atoms with Gasteiger partial charge in [0.25, 0.3) is 0 Å². The molecule has 0 atom stereocenters. The number of nitrogens with one attached hydrogen (secondary N) is 3. The molecule has 1 heterocycles. The molecule has 26 heavy (non-hydrogen) atoms. The molecule has 144 valence electrons. The quantitative estimate of drug-likeness (QED) is 0.213. The highest BCUT2D eigenvalue weighted by Crippen LogP contribution is 2.14. The Morgan fingerprint density at radius 3 is 2.42 bits per heavy atom. The number of halogens is 2. The largest absolute Gasteiger partial charge is 0.356 e. The molecule has 0 spiro atoms.